The highest BCUT2D eigenvalue weighted by Crippen LogP contribution is 2.09. The molecule has 1 fully saturated rings. The number of aromatic nitrogens is 2. The van der Waals surface area contributed by atoms with E-state index in [1.807, 2.05) is 19.9 Å². The Morgan fingerprint density at radius 1 is 1.35 bits per heavy atom. The summed E-state index contributed by atoms with van der Waals surface area (Å²) in [7, 11) is 0. The van der Waals surface area contributed by atoms with Crippen LogP contribution >= 0.6 is 0 Å². The number of hydrogen-bond donors (Lipinski definition) is 1. The van der Waals surface area contributed by atoms with Crippen molar-refractivity contribution in [3.8, 4) is 0 Å². The van der Waals surface area contributed by atoms with Crippen LogP contribution in [-0.4, -0.2) is 60.4 Å². The maximum atomic E-state index is 11.9. The highest BCUT2D eigenvalue weighted by molar-refractivity contribution is 5.91. The van der Waals surface area contributed by atoms with E-state index in [0.717, 1.165) is 38.5 Å². The Morgan fingerprint density at radius 2 is 2.10 bits per heavy atom. The molecule has 1 saturated heterocycles. The zero-order valence-corrected chi connectivity index (χ0v) is 12.1. The molecule has 0 bridgehead atoms. The first-order valence-corrected chi connectivity index (χ1v) is 7.08. The van der Waals surface area contributed by atoms with Crippen LogP contribution < -0.4 is 5.32 Å². The van der Waals surface area contributed by atoms with Crippen LogP contribution in [0.2, 0.25) is 0 Å². The van der Waals surface area contributed by atoms with Crippen LogP contribution in [-0.2, 0) is 4.74 Å². The van der Waals surface area contributed by atoms with E-state index in [1.165, 1.54) is 0 Å². The minimum atomic E-state index is -0.166. The first kappa shape index (κ1) is 14.9. The number of amides is 1. The van der Waals surface area contributed by atoms with E-state index in [2.05, 4.69) is 20.4 Å². The second-order valence-corrected chi connectivity index (χ2v) is 5.21. The highest BCUT2D eigenvalue weighted by atomic mass is 16.5. The first-order valence-electron chi connectivity index (χ1n) is 7.08. The number of morpholine rings is 1. The van der Waals surface area contributed by atoms with Gasteiger partial charge < -0.3 is 10.1 Å². The first-order chi connectivity index (χ1) is 9.66. The number of rotatable bonds is 5. The van der Waals surface area contributed by atoms with Crippen LogP contribution in [0.5, 0.6) is 0 Å². The monoisotopic (exact) mass is 278 g/mol. The molecule has 20 heavy (non-hydrogen) atoms. The van der Waals surface area contributed by atoms with Crippen LogP contribution in [0.4, 0.5) is 0 Å². The molecule has 0 aliphatic carbocycles. The predicted molar refractivity (Wildman–Crippen MR) is 75.7 cm³/mol. The number of ether oxygens (including phenoxy) is 1. The second kappa shape index (κ2) is 7.31. The topological polar surface area (TPSA) is 67.4 Å². The standard InChI is InChI=1S/C14H22N4O2/c1-11(2)12-3-4-13(17-16-12)14(19)15-5-6-18-7-9-20-10-8-18/h3-4,11H,5-10H2,1-2H3,(H,15,19). The molecule has 1 aromatic rings. The van der Waals surface area contributed by atoms with Gasteiger partial charge in [-0.3, -0.25) is 9.69 Å². The summed E-state index contributed by atoms with van der Waals surface area (Å²) in [6.07, 6.45) is 0. The lowest BCUT2D eigenvalue weighted by molar-refractivity contribution is 0.0383. The Bertz CT molecular complexity index is 427. The Morgan fingerprint density at radius 3 is 2.70 bits per heavy atom. The molecule has 2 heterocycles. The molecule has 6 nitrogen and oxygen atoms in total. The van der Waals surface area contributed by atoms with Crippen molar-refractivity contribution in [2.45, 2.75) is 19.8 Å². The zero-order chi connectivity index (χ0) is 14.4. The van der Waals surface area contributed by atoms with E-state index in [9.17, 15) is 4.79 Å². The summed E-state index contributed by atoms with van der Waals surface area (Å²) in [5.74, 6) is 0.155. The molecule has 1 N–H and O–H groups in total. The van der Waals surface area contributed by atoms with E-state index in [4.69, 9.17) is 4.74 Å². The smallest absolute Gasteiger partial charge is 0.271 e. The summed E-state index contributed by atoms with van der Waals surface area (Å²) in [5.41, 5.74) is 1.27. The van der Waals surface area contributed by atoms with Crippen molar-refractivity contribution in [3.63, 3.8) is 0 Å². The molecule has 2 rings (SSSR count). The summed E-state index contributed by atoms with van der Waals surface area (Å²) in [5, 5.41) is 10.9. The van der Waals surface area contributed by atoms with Gasteiger partial charge >= 0.3 is 0 Å². The van der Waals surface area contributed by atoms with Gasteiger partial charge in [0.15, 0.2) is 5.69 Å². The fourth-order valence-corrected chi connectivity index (χ4v) is 2.01. The highest BCUT2D eigenvalue weighted by Gasteiger charge is 2.12. The van der Waals surface area contributed by atoms with Gasteiger partial charge in [-0.25, -0.2) is 0 Å². The van der Waals surface area contributed by atoms with Gasteiger partial charge in [0, 0.05) is 26.2 Å². The van der Waals surface area contributed by atoms with Crippen molar-refractivity contribution < 1.29 is 9.53 Å². The fraction of sp³-hybridized carbons (Fsp3) is 0.643. The summed E-state index contributed by atoms with van der Waals surface area (Å²) < 4.78 is 5.28. The molecule has 0 spiro atoms. The van der Waals surface area contributed by atoms with Crippen molar-refractivity contribution >= 4 is 5.91 Å². The molecule has 1 aliphatic rings. The number of hydrogen-bond acceptors (Lipinski definition) is 5. The van der Waals surface area contributed by atoms with Gasteiger partial charge in [-0.1, -0.05) is 13.8 Å². The van der Waals surface area contributed by atoms with Crippen LogP contribution in [0.15, 0.2) is 12.1 Å². The molecule has 1 amide bonds. The van der Waals surface area contributed by atoms with Crippen LogP contribution in [0.1, 0.15) is 35.9 Å². The van der Waals surface area contributed by atoms with Crippen LogP contribution in [0.25, 0.3) is 0 Å². The van der Waals surface area contributed by atoms with Crippen molar-refractivity contribution in [2.24, 2.45) is 0 Å². The van der Waals surface area contributed by atoms with Crippen LogP contribution in [0, 0.1) is 0 Å². The average Bonchev–Trinajstić information content (AvgIpc) is 2.48. The predicted octanol–water partition coefficient (Wildman–Crippen LogP) is 0.662. The van der Waals surface area contributed by atoms with Gasteiger partial charge in [0.1, 0.15) is 0 Å². The third-order valence-corrected chi connectivity index (χ3v) is 3.33. The molecule has 0 saturated carbocycles. The molecular formula is C14H22N4O2. The van der Waals surface area contributed by atoms with Crippen molar-refractivity contribution in [1.29, 1.82) is 0 Å². The molecule has 0 radical (unpaired) electrons. The van der Waals surface area contributed by atoms with E-state index in [1.54, 1.807) is 6.07 Å². The molecule has 110 valence electrons. The maximum Gasteiger partial charge on any atom is 0.271 e. The van der Waals surface area contributed by atoms with E-state index in [0.29, 0.717) is 18.2 Å². The number of carbonyl (C=O) groups is 1. The van der Waals surface area contributed by atoms with Gasteiger partial charge in [0.05, 0.1) is 18.9 Å². The molecule has 0 aromatic carbocycles. The Hall–Kier alpha value is -1.53. The van der Waals surface area contributed by atoms with Gasteiger partial charge in [0.25, 0.3) is 5.91 Å². The Labute approximate surface area is 119 Å². The molecule has 0 unspecified atom stereocenters. The minimum absolute atomic E-state index is 0.166. The fourth-order valence-electron chi connectivity index (χ4n) is 2.01. The Balaban J connectivity index is 1.76. The van der Waals surface area contributed by atoms with Crippen molar-refractivity contribution in [2.75, 3.05) is 39.4 Å². The normalized spacial score (nSPS) is 16.4. The number of carbonyl (C=O) groups excluding carboxylic acids is 1. The van der Waals surface area contributed by atoms with Crippen molar-refractivity contribution in [1.82, 2.24) is 20.4 Å². The lowest BCUT2D eigenvalue weighted by Crippen LogP contribution is -2.41. The molecule has 1 aliphatic heterocycles. The SMILES string of the molecule is CC(C)c1ccc(C(=O)NCCN2CCOCC2)nn1. The van der Waals surface area contributed by atoms with Gasteiger partial charge in [-0.05, 0) is 18.1 Å². The number of nitrogens with one attached hydrogen (secondary N) is 1. The molecule has 1 aromatic heterocycles. The van der Waals surface area contributed by atoms with Crippen LogP contribution in [0.3, 0.4) is 0 Å². The molecule has 6 heteroatoms. The van der Waals surface area contributed by atoms with E-state index in [-0.39, 0.29) is 5.91 Å². The summed E-state index contributed by atoms with van der Waals surface area (Å²) in [6, 6.07) is 3.58. The summed E-state index contributed by atoms with van der Waals surface area (Å²) in [6.45, 7) is 8.96. The van der Waals surface area contributed by atoms with Gasteiger partial charge in [0.2, 0.25) is 0 Å². The van der Waals surface area contributed by atoms with Gasteiger partial charge in [-0.2, -0.15) is 5.10 Å². The average molecular weight is 278 g/mol. The lowest BCUT2D eigenvalue weighted by atomic mass is 10.1. The minimum Gasteiger partial charge on any atom is -0.379 e. The molecular weight excluding hydrogens is 256 g/mol. The maximum absolute atomic E-state index is 11.9. The third kappa shape index (κ3) is 4.25. The summed E-state index contributed by atoms with van der Waals surface area (Å²) >= 11 is 0. The third-order valence-electron chi connectivity index (χ3n) is 3.33. The van der Waals surface area contributed by atoms with E-state index < -0.39 is 0 Å². The zero-order valence-electron chi connectivity index (χ0n) is 12.1. The number of nitrogens with zero attached hydrogens (tertiary/aromatic N) is 3. The van der Waals surface area contributed by atoms with E-state index >= 15 is 0 Å². The van der Waals surface area contributed by atoms with Gasteiger partial charge in [-0.15, -0.1) is 5.10 Å². The second-order valence-electron chi connectivity index (χ2n) is 5.21. The van der Waals surface area contributed by atoms with Crippen molar-refractivity contribution in [3.05, 3.63) is 23.5 Å². The Kier molecular flexibility index (Phi) is 5.43. The quantitative estimate of drug-likeness (QED) is 0.857. The summed E-state index contributed by atoms with van der Waals surface area (Å²) in [4.78, 5) is 14.2. The largest absolute Gasteiger partial charge is 0.379 e. The lowest BCUT2D eigenvalue weighted by Gasteiger charge is -2.26. The molecule has 0 atom stereocenters.